The molecule has 146 valence electrons. The van der Waals surface area contributed by atoms with Crippen LogP contribution in [-0.4, -0.2) is 20.7 Å². The second-order valence-electron chi connectivity index (χ2n) is 6.65. The van der Waals surface area contributed by atoms with Gasteiger partial charge in [-0.15, -0.1) is 10.2 Å². The number of hydrogen-bond donors (Lipinski definition) is 1. The lowest BCUT2D eigenvalue weighted by atomic mass is 10.1. The van der Waals surface area contributed by atoms with E-state index in [1.807, 2.05) is 0 Å². The molecule has 0 atom stereocenters. The summed E-state index contributed by atoms with van der Waals surface area (Å²) in [6.07, 6.45) is 0. The molecule has 28 heavy (non-hydrogen) atoms. The Balaban J connectivity index is 1.97. The van der Waals surface area contributed by atoms with Crippen molar-refractivity contribution >= 4 is 17.5 Å². The largest absolute Gasteiger partial charge is 0.477 e. The number of halogens is 3. The normalized spacial score (nSPS) is 11.5. The van der Waals surface area contributed by atoms with Gasteiger partial charge in [0, 0.05) is 17.6 Å². The quantitative estimate of drug-likeness (QED) is 0.698. The van der Waals surface area contributed by atoms with Gasteiger partial charge in [-0.3, -0.25) is 4.79 Å². The molecule has 1 heterocycles. The van der Waals surface area contributed by atoms with E-state index in [0.717, 1.165) is 12.1 Å². The van der Waals surface area contributed by atoms with Gasteiger partial charge in [0.2, 0.25) is 5.91 Å². The van der Waals surface area contributed by atoms with Crippen LogP contribution in [0.25, 0.3) is 11.4 Å². The molecule has 1 amide bonds. The highest BCUT2D eigenvalue weighted by Gasteiger charge is 2.31. The number of ether oxygens (including phenoxy) is 1. The van der Waals surface area contributed by atoms with Gasteiger partial charge < -0.3 is 15.0 Å². The third kappa shape index (κ3) is 3.68. The molecule has 0 spiro atoms. The molecule has 0 aliphatic heterocycles. The lowest BCUT2D eigenvalue weighted by Crippen LogP contribution is -2.29. The molecule has 0 bridgehead atoms. The van der Waals surface area contributed by atoms with Gasteiger partial charge in [0.15, 0.2) is 28.8 Å². The highest BCUT2D eigenvalue weighted by Crippen LogP contribution is 2.31. The first kappa shape index (κ1) is 19.8. The first-order chi connectivity index (χ1) is 13.1. The zero-order valence-corrected chi connectivity index (χ0v) is 16.1. The van der Waals surface area contributed by atoms with Crippen LogP contribution in [0.1, 0.15) is 30.0 Å². The number of benzene rings is 2. The average molecular weight is 407 g/mol. The highest BCUT2D eigenvalue weighted by molar-refractivity contribution is 6.30. The fraction of sp³-hybridized carbons (Fsp3) is 0.211. The van der Waals surface area contributed by atoms with E-state index in [1.54, 1.807) is 20.9 Å². The molecule has 2 N–H and O–H groups in total. The number of hydrogen-bond acceptors (Lipinski definition) is 4. The molecule has 0 unspecified atom stereocenters. The smallest absolute Gasteiger partial charge is 0.248 e. The van der Waals surface area contributed by atoms with Crippen molar-refractivity contribution in [2.45, 2.75) is 19.4 Å². The monoisotopic (exact) mass is 406 g/mol. The maximum absolute atomic E-state index is 14.4. The Morgan fingerprint density at radius 2 is 1.86 bits per heavy atom. The van der Waals surface area contributed by atoms with E-state index in [-0.39, 0.29) is 27.7 Å². The summed E-state index contributed by atoms with van der Waals surface area (Å²) in [5.74, 6) is -1.46. The highest BCUT2D eigenvalue weighted by atomic mass is 35.5. The van der Waals surface area contributed by atoms with Gasteiger partial charge in [0.25, 0.3) is 0 Å². The summed E-state index contributed by atoms with van der Waals surface area (Å²) in [5, 5.41) is 8.36. The molecule has 1 aromatic heterocycles. The molecule has 2 aromatic carbocycles. The van der Waals surface area contributed by atoms with Gasteiger partial charge in [0.1, 0.15) is 5.82 Å². The van der Waals surface area contributed by atoms with E-state index in [9.17, 15) is 13.6 Å². The van der Waals surface area contributed by atoms with Crippen molar-refractivity contribution < 1.29 is 18.3 Å². The van der Waals surface area contributed by atoms with E-state index >= 15 is 0 Å². The lowest BCUT2D eigenvalue weighted by Gasteiger charge is -2.25. The Labute approximate surface area is 164 Å². The summed E-state index contributed by atoms with van der Waals surface area (Å²) < 4.78 is 35.8. The standard InChI is InChI=1S/C19H17ClF2N4O2/c1-19(2,28-15-7-5-11(20)9-14(15)22)18-25-24-17(26(18)3)12-6-4-10(16(23)27)8-13(12)21/h4-9H,1-3H3,(H2,23,27). The number of aromatic nitrogens is 3. The second-order valence-corrected chi connectivity index (χ2v) is 7.09. The maximum atomic E-state index is 14.4. The van der Waals surface area contributed by atoms with Crippen molar-refractivity contribution in [1.82, 2.24) is 14.8 Å². The molecule has 0 aliphatic carbocycles. The number of carbonyl (C=O) groups excluding carboxylic acids is 1. The summed E-state index contributed by atoms with van der Waals surface area (Å²) in [7, 11) is 1.63. The first-order valence-corrected chi connectivity index (χ1v) is 8.61. The van der Waals surface area contributed by atoms with Crippen LogP contribution in [-0.2, 0) is 12.6 Å². The van der Waals surface area contributed by atoms with Crippen molar-refractivity contribution in [2.75, 3.05) is 0 Å². The molecule has 0 radical (unpaired) electrons. The fourth-order valence-corrected chi connectivity index (χ4v) is 2.98. The topological polar surface area (TPSA) is 83.0 Å². The van der Waals surface area contributed by atoms with Gasteiger partial charge in [-0.05, 0) is 50.2 Å². The summed E-state index contributed by atoms with van der Waals surface area (Å²) in [4.78, 5) is 11.2. The van der Waals surface area contributed by atoms with Crippen molar-refractivity contribution in [3.63, 3.8) is 0 Å². The predicted octanol–water partition coefficient (Wildman–Crippen LogP) is 3.83. The number of nitrogens with zero attached hydrogens (tertiary/aromatic N) is 3. The van der Waals surface area contributed by atoms with Gasteiger partial charge in [-0.1, -0.05) is 11.6 Å². The molecule has 0 aliphatic rings. The Kier molecular flexibility index (Phi) is 5.08. The first-order valence-electron chi connectivity index (χ1n) is 8.24. The second kappa shape index (κ2) is 7.20. The predicted molar refractivity (Wildman–Crippen MR) is 100.0 cm³/mol. The van der Waals surface area contributed by atoms with Crippen molar-refractivity contribution in [3.8, 4) is 17.1 Å². The van der Waals surface area contributed by atoms with E-state index in [0.29, 0.717) is 5.82 Å². The van der Waals surface area contributed by atoms with Crippen molar-refractivity contribution in [3.05, 3.63) is 64.4 Å². The molecular weight excluding hydrogens is 390 g/mol. The van der Waals surface area contributed by atoms with E-state index in [2.05, 4.69) is 10.2 Å². The summed E-state index contributed by atoms with van der Waals surface area (Å²) >= 11 is 5.76. The Morgan fingerprint density at radius 3 is 2.46 bits per heavy atom. The molecule has 3 rings (SSSR count). The van der Waals surface area contributed by atoms with Crippen LogP contribution < -0.4 is 10.5 Å². The van der Waals surface area contributed by atoms with Crippen LogP contribution in [0.15, 0.2) is 36.4 Å². The Hall–Kier alpha value is -3.00. The van der Waals surface area contributed by atoms with Gasteiger partial charge in [0.05, 0.1) is 5.56 Å². The van der Waals surface area contributed by atoms with Crippen molar-refractivity contribution in [2.24, 2.45) is 12.8 Å². The molecule has 0 saturated heterocycles. The zero-order valence-electron chi connectivity index (χ0n) is 15.3. The number of carbonyl (C=O) groups is 1. The van der Waals surface area contributed by atoms with Crippen LogP contribution in [0.3, 0.4) is 0 Å². The molecule has 3 aromatic rings. The van der Waals surface area contributed by atoms with Crippen molar-refractivity contribution in [1.29, 1.82) is 0 Å². The van der Waals surface area contributed by atoms with E-state index in [4.69, 9.17) is 22.1 Å². The van der Waals surface area contributed by atoms with Crippen LogP contribution >= 0.6 is 11.6 Å². The summed E-state index contributed by atoms with van der Waals surface area (Å²) in [6.45, 7) is 3.36. The van der Waals surface area contributed by atoms with Crippen LogP contribution in [0.4, 0.5) is 8.78 Å². The Morgan fingerprint density at radius 1 is 1.14 bits per heavy atom. The molecule has 0 fully saturated rings. The number of amides is 1. The maximum Gasteiger partial charge on any atom is 0.248 e. The Bertz CT molecular complexity index is 1070. The minimum Gasteiger partial charge on any atom is -0.477 e. The SMILES string of the molecule is Cn1c(-c2ccc(C(N)=O)cc2F)nnc1C(C)(C)Oc1ccc(Cl)cc1F. The summed E-state index contributed by atoms with van der Waals surface area (Å²) in [6, 6.07) is 7.91. The lowest BCUT2D eigenvalue weighted by molar-refractivity contribution is 0.0894. The third-order valence-electron chi connectivity index (χ3n) is 4.17. The summed E-state index contributed by atoms with van der Waals surface area (Å²) in [5.41, 5.74) is 4.26. The molecular formula is C19H17ClF2N4O2. The average Bonchev–Trinajstić information content (AvgIpc) is 2.99. The van der Waals surface area contributed by atoms with Gasteiger partial charge in [-0.2, -0.15) is 0 Å². The number of rotatable bonds is 5. The molecule has 9 heteroatoms. The number of nitrogens with two attached hydrogens (primary N) is 1. The zero-order chi connectivity index (χ0) is 20.6. The fourth-order valence-electron chi connectivity index (χ4n) is 2.82. The van der Waals surface area contributed by atoms with Crippen LogP contribution in [0, 0.1) is 11.6 Å². The molecule has 6 nitrogen and oxygen atoms in total. The van der Waals surface area contributed by atoms with Gasteiger partial charge >= 0.3 is 0 Å². The van der Waals surface area contributed by atoms with Crippen LogP contribution in [0.5, 0.6) is 5.75 Å². The van der Waals surface area contributed by atoms with E-state index in [1.165, 1.54) is 28.8 Å². The van der Waals surface area contributed by atoms with Crippen LogP contribution in [0.2, 0.25) is 5.02 Å². The number of primary amides is 1. The van der Waals surface area contributed by atoms with E-state index < -0.39 is 23.1 Å². The van der Waals surface area contributed by atoms with Gasteiger partial charge in [-0.25, -0.2) is 8.78 Å². The minimum absolute atomic E-state index is 0.00376. The molecule has 0 saturated carbocycles. The minimum atomic E-state index is -1.09. The third-order valence-corrected chi connectivity index (χ3v) is 4.40.